The number of rotatable bonds is 8. The first kappa shape index (κ1) is 21.0. The van der Waals surface area contributed by atoms with Crippen molar-refractivity contribution in [1.82, 2.24) is 19.9 Å². The summed E-state index contributed by atoms with van der Waals surface area (Å²) in [5, 5.41) is 0. The van der Waals surface area contributed by atoms with Gasteiger partial charge in [0.1, 0.15) is 23.1 Å². The average Bonchev–Trinajstić information content (AvgIpc) is 3.53. The molecule has 6 rings (SSSR count). The Morgan fingerprint density at radius 2 is 0.943 bits per heavy atom. The molecule has 6 nitrogen and oxygen atoms in total. The molecule has 0 unspecified atom stereocenters. The van der Waals surface area contributed by atoms with Crippen LogP contribution in [0.3, 0.4) is 0 Å². The molecule has 2 aromatic heterocycles. The predicted octanol–water partition coefficient (Wildman–Crippen LogP) is 6.62. The first-order valence-corrected chi connectivity index (χ1v) is 11.7. The number of H-pyrrole nitrogens is 2. The molecule has 0 spiro atoms. The Labute approximate surface area is 202 Å². The number of hydrogen-bond donors (Lipinski definition) is 2. The third-order valence-corrected chi connectivity index (χ3v) is 5.87. The topological polar surface area (TPSA) is 75.8 Å². The molecule has 0 saturated carbocycles. The summed E-state index contributed by atoms with van der Waals surface area (Å²) < 4.78 is 12.2. The third kappa shape index (κ3) is 4.34. The van der Waals surface area contributed by atoms with Gasteiger partial charge in [-0.2, -0.15) is 0 Å². The Bertz CT molecular complexity index is 1420. The quantitative estimate of drug-likeness (QED) is 0.250. The first-order valence-electron chi connectivity index (χ1n) is 11.7. The van der Waals surface area contributed by atoms with Crippen LogP contribution in [0.2, 0.25) is 0 Å². The van der Waals surface area contributed by atoms with Crippen LogP contribution in [0.25, 0.3) is 44.8 Å². The van der Waals surface area contributed by atoms with Gasteiger partial charge in [-0.05, 0) is 48.5 Å². The van der Waals surface area contributed by atoms with Crippen LogP contribution in [0.4, 0.5) is 0 Å². The molecule has 35 heavy (non-hydrogen) atoms. The number of fused-ring (bicyclic) bond motifs is 2. The highest BCUT2D eigenvalue weighted by Gasteiger charge is 2.12. The monoisotopic (exact) mass is 460 g/mol. The van der Waals surface area contributed by atoms with Crippen molar-refractivity contribution in [3.8, 4) is 34.3 Å². The molecule has 4 aromatic carbocycles. The lowest BCUT2D eigenvalue weighted by Gasteiger charge is -2.12. The molecule has 172 valence electrons. The van der Waals surface area contributed by atoms with E-state index in [1.807, 2.05) is 97.1 Å². The lowest BCUT2D eigenvalue weighted by molar-refractivity contribution is 0.248. The van der Waals surface area contributed by atoms with E-state index in [0.717, 1.165) is 62.8 Å². The van der Waals surface area contributed by atoms with E-state index in [2.05, 4.69) is 9.97 Å². The normalized spacial score (nSPS) is 11.2. The minimum absolute atomic E-state index is 0.532. The number of aromatic nitrogens is 4. The third-order valence-electron chi connectivity index (χ3n) is 5.87. The highest BCUT2D eigenvalue weighted by molar-refractivity contribution is 5.81. The summed E-state index contributed by atoms with van der Waals surface area (Å²) in [6.45, 7) is 1.06. The summed E-state index contributed by atoms with van der Waals surface area (Å²) in [5.41, 5.74) is 5.78. The Kier molecular flexibility index (Phi) is 5.60. The summed E-state index contributed by atoms with van der Waals surface area (Å²) in [7, 11) is 0. The second-order valence-corrected chi connectivity index (χ2v) is 8.25. The van der Waals surface area contributed by atoms with Crippen LogP contribution in [-0.4, -0.2) is 33.1 Å². The van der Waals surface area contributed by atoms with Crippen LogP contribution in [0, 0.1) is 0 Å². The maximum absolute atomic E-state index is 6.12. The highest BCUT2D eigenvalue weighted by atomic mass is 16.5. The second-order valence-electron chi connectivity index (χ2n) is 8.25. The number of nitrogens with one attached hydrogen (secondary N) is 2. The first-order chi connectivity index (χ1) is 17.3. The van der Waals surface area contributed by atoms with Gasteiger partial charge >= 0.3 is 0 Å². The van der Waals surface area contributed by atoms with E-state index in [9.17, 15) is 0 Å². The van der Waals surface area contributed by atoms with E-state index in [0.29, 0.717) is 13.2 Å². The Hall–Kier alpha value is -4.58. The molecule has 2 N–H and O–H groups in total. The van der Waals surface area contributed by atoms with Crippen LogP contribution in [0.5, 0.6) is 11.5 Å². The smallest absolute Gasteiger partial charge is 0.142 e. The molecule has 0 radical (unpaired) electrons. The van der Waals surface area contributed by atoms with Crippen LogP contribution < -0.4 is 9.47 Å². The van der Waals surface area contributed by atoms with Crippen molar-refractivity contribution in [2.45, 2.75) is 6.42 Å². The predicted molar refractivity (Wildman–Crippen MR) is 139 cm³/mol. The van der Waals surface area contributed by atoms with Gasteiger partial charge in [-0.15, -0.1) is 0 Å². The van der Waals surface area contributed by atoms with Gasteiger partial charge in [0, 0.05) is 6.42 Å². The van der Waals surface area contributed by atoms with Gasteiger partial charge in [0.05, 0.1) is 46.4 Å². The number of hydrogen-bond acceptors (Lipinski definition) is 4. The number of aromatic amines is 2. The van der Waals surface area contributed by atoms with Crippen LogP contribution in [0.1, 0.15) is 6.42 Å². The SMILES string of the molecule is c1ccc(-c2nc3ccccc3[nH]2)c(OCCCOc2ccccc2-c2nc3ccccc3[nH]2)c1. The molecule has 6 aromatic rings. The summed E-state index contributed by atoms with van der Waals surface area (Å²) in [6, 6.07) is 31.9. The van der Waals surface area contributed by atoms with Crippen molar-refractivity contribution in [2.24, 2.45) is 0 Å². The minimum Gasteiger partial charge on any atom is -0.493 e. The Morgan fingerprint density at radius 1 is 0.514 bits per heavy atom. The lowest BCUT2D eigenvalue weighted by Crippen LogP contribution is -2.06. The molecule has 0 aliphatic heterocycles. The lowest BCUT2D eigenvalue weighted by atomic mass is 10.2. The average molecular weight is 461 g/mol. The number of benzene rings is 4. The maximum Gasteiger partial charge on any atom is 0.142 e. The van der Waals surface area contributed by atoms with Crippen molar-refractivity contribution in [1.29, 1.82) is 0 Å². The van der Waals surface area contributed by atoms with E-state index in [1.54, 1.807) is 0 Å². The number of imidazole rings is 2. The van der Waals surface area contributed by atoms with Gasteiger partial charge in [-0.1, -0.05) is 48.5 Å². The zero-order chi connectivity index (χ0) is 23.5. The zero-order valence-corrected chi connectivity index (χ0v) is 19.1. The fourth-order valence-electron chi connectivity index (χ4n) is 4.16. The van der Waals surface area contributed by atoms with Crippen molar-refractivity contribution >= 4 is 22.1 Å². The molecule has 0 bridgehead atoms. The molecule has 6 heteroatoms. The van der Waals surface area contributed by atoms with Gasteiger partial charge in [0.25, 0.3) is 0 Å². The molecule has 0 aliphatic rings. The van der Waals surface area contributed by atoms with Gasteiger partial charge in [0.2, 0.25) is 0 Å². The van der Waals surface area contributed by atoms with E-state index in [4.69, 9.17) is 19.4 Å². The Balaban J connectivity index is 1.11. The van der Waals surface area contributed by atoms with Crippen LogP contribution >= 0.6 is 0 Å². The standard InChI is InChI=1S/C29H24N4O2/c1-7-16-26(20(10-1)28-30-22-12-3-4-13-23(22)31-28)34-18-9-19-35-27-17-8-2-11-21(27)29-32-24-14-5-6-15-25(24)33-29/h1-8,10-17H,9,18-19H2,(H,30,31)(H,32,33). The number of nitrogens with zero attached hydrogens (tertiary/aromatic N) is 2. The van der Waals surface area contributed by atoms with Crippen LogP contribution in [-0.2, 0) is 0 Å². The molecule has 0 saturated heterocycles. The summed E-state index contributed by atoms with van der Waals surface area (Å²) in [6.07, 6.45) is 0.739. The summed E-state index contributed by atoms with van der Waals surface area (Å²) >= 11 is 0. The zero-order valence-electron chi connectivity index (χ0n) is 19.1. The van der Waals surface area contributed by atoms with Gasteiger partial charge < -0.3 is 19.4 Å². The largest absolute Gasteiger partial charge is 0.493 e. The molecular weight excluding hydrogens is 436 g/mol. The van der Waals surface area contributed by atoms with E-state index >= 15 is 0 Å². The van der Waals surface area contributed by atoms with Gasteiger partial charge in [0.15, 0.2) is 0 Å². The summed E-state index contributed by atoms with van der Waals surface area (Å²) in [4.78, 5) is 16.2. The van der Waals surface area contributed by atoms with Gasteiger partial charge in [-0.3, -0.25) is 0 Å². The van der Waals surface area contributed by atoms with E-state index in [1.165, 1.54) is 0 Å². The van der Waals surface area contributed by atoms with Crippen molar-refractivity contribution in [3.63, 3.8) is 0 Å². The second kappa shape index (κ2) is 9.35. The summed E-state index contributed by atoms with van der Waals surface area (Å²) in [5.74, 6) is 3.21. The fourth-order valence-corrected chi connectivity index (χ4v) is 4.16. The molecule has 2 heterocycles. The molecular formula is C29H24N4O2. The Morgan fingerprint density at radius 3 is 1.43 bits per heavy atom. The van der Waals surface area contributed by atoms with Crippen molar-refractivity contribution < 1.29 is 9.47 Å². The van der Waals surface area contributed by atoms with Gasteiger partial charge in [-0.25, -0.2) is 9.97 Å². The number of ether oxygens (including phenoxy) is 2. The molecule has 0 atom stereocenters. The molecule has 0 amide bonds. The highest BCUT2D eigenvalue weighted by Crippen LogP contribution is 2.31. The molecule has 0 fully saturated rings. The minimum atomic E-state index is 0.532. The maximum atomic E-state index is 6.12. The molecule has 0 aliphatic carbocycles. The van der Waals surface area contributed by atoms with E-state index in [-0.39, 0.29) is 0 Å². The van der Waals surface area contributed by atoms with Crippen LogP contribution in [0.15, 0.2) is 97.1 Å². The number of para-hydroxylation sites is 6. The van der Waals surface area contributed by atoms with Crippen molar-refractivity contribution in [2.75, 3.05) is 13.2 Å². The van der Waals surface area contributed by atoms with E-state index < -0.39 is 0 Å². The van der Waals surface area contributed by atoms with Crippen molar-refractivity contribution in [3.05, 3.63) is 97.1 Å². The fraction of sp³-hybridized carbons (Fsp3) is 0.103.